The van der Waals surface area contributed by atoms with Crippen molar-refractivity contribution in [1.82, 2.24) is 35.6 Å². The summed E-state index contributed by atoms with van der Waals surface area (Å²) >= 11 is 1.58. The fraction of sp³-hybridized carbons (Fsp3) is 0.436. The molecule has 0 saturated carbocycles. The van der Waals surface area contributed by atoms with Crippen molar-refractivity contribution in [1.29, 1.82) is 0 Å². The van der Waals surface area contributed by atoms with Gasteiger partial charge in [0.2, 0.25) is 17.7 Å². The lowest BCUT2D eigenvalue weighted by molar-refractivity contribution is -0.144. The summed E-state index contributed by atoms with van der Waals surface area (Å²) in [5, 5.41) is 35.2. The smallest absolute Gasteiger partial charge is 0.246 e. The standard InChI is InChI=1S/C39H49N9O5S.ClH/c1-23(25-10-12-26(13-11-25)34-24(2)41-22-54-34)42-37(52)31-18-27(49)20-48(31)38(53)35(39(3,4)5)43-33(51)21-46-14-16-47(17-15-46)30-19-29(44-45-36(30)40)28-8-6-7-9-32(28)50;/h6-13,19,22-23,27,31,35,49-50H,14-18,20-21H2,1-5H3,(H2,40,45)(H,42,52)(H,43,51);1H/t23-,27+,31-,35+;/m0./s1. The van der Waals surface area contributed by atoms with Crippen molar-refractivity contribution in [3.05, 3.63) is 71.4 Å². The molecule has 0 aliphatic carbocycles. The molecule has 55 heavy (non-hydrogen) atoms. The number of carbonyl (C=O) groups excluding carboxylic acids is 3. The minimum absolute atomic E-state index is 0. The van der Waals surface area contributed by atoms with Crippen molar-refractivity contribution >= 4 is 53.0 Å². The summed E-state index contributed by atoms with van der Waals surface area (Å²) in [7, 11) is 0. The molecule has 4 atom stereocenters. The van der Waals surface area contributed by atoms with Crippen molar-refractivity contribution in [2.24, 2.45) is 5.41 Å². The van der Waals surface area contributed by atoms with Gasteiger partial charge in [-0.3, -0.25) is 19.3 Å². The lowest BCUT2D eigenvalue weighted by Gasteiger charge is -2.38. The number of phenols is 1. The molecule has 0 unspecified atom stereocenters. The van der Waals surface area contributed by atoms with Crippen molar-refractivity contribution in [3.8, 4) is 27.4 Å². The van der Waals surface area contributed by atoms with E-state index in [1.807, 2.05) is 81.4 Å². The molecule has 6 N–H and O–H groups in total. The molecular weight excluding hydrogens is 742 g/mol. The number of para-hydroxylation sites is 1. The number of halogens is 1. The molecule has 16 heteroatoms. The Morgan fingerprint density at radius 1 is 1.02 bits per heavy atom. The van der Waals surface area contributed by atoms with Gasteiger partial charge in [0.05, 0.1) is 46.2 Å². The molecule has 14 nitrogen and oxygen atoms in total. The number of benzene rings is 2. The van der Waals surface area contributed by atoms with Crippen LogP contribution >= 0.6 is 23.7 Å². The molecule has 294 valence electrons. The molecule has 0 radical (unpaired) electrons. The molecule has 2 aliphatic rings. The summed E-state index contributed by atoms with van der Waals surface area (Å²) in [5.74, 6) is -0.702. The van der Waals surface area contributed by atoms with Crippen LogP contribution in [0.4, 0.5) is 11.5 Å². The van der Waals surface area contributed by atoms with E-state index in [9.17, 15) is 24.6 Å². The second kappa shape index (κ2) is 17.3. The molecule has 0 spiro atoms. The average Bonchev–Trinajstić information content (AvgIpc) is 3.76. The average molecular weight is 792 g/mol. The van der Waals surface area contributed by atoms with Crippen LogP contribution in [-0.2, 0) is 14.4 Å². The molecule has 2 saturated heterocycles. The number of hydrogen-bond acceptors (Lipinski definition) is 12. The van der Waals surface area contributed by atoms with Gasteiger partial charge in [-0.2, -0.15) is 0 Å². The summed E-state index contributed by atoms with van der Waals surface area (Å²) in [5.41, 5.74) is 12.0. The van der Waals surface area contributed by atoms with Gasteiger partial charge < -0.3 is 36.4 Å². The number of aryl methyl sites for hydroxylation is 1. The second-order valence-corrected chi connectivity index (χ2v) is 16.0. The van der Waals surface area contributed by atoms with E-state index in [4.69, 9.17) is 5.73 Å². The number of nitrogen functional groups attached to an aromatic ring is 1. The van der Waals surface area contributed by atoms with Crippen LogP contribution in [0.25, 0.3) is 21.7 Å². The van der Waals surface area contributed by atoms with Gasteiger partial charge >= 0.3 is 0 Å². The Kier molecular flexibility index (Phi) is 13.0. The Balaban J connectivity index is 0.00000580. The van der Waals surface area contributed by atoms with Crippen molar-refractivity contribution in [3.63, 3.8) is 0 Å². The van der Waals surface area contributed by atoms with Crippen LogP contribution in [0.5, 0.6) is 5.75 Å². The van der Waals surface area contributed by atoms with Crippen LogP contribution in [-0.4, -0.2) is 110 Å². The zero-order valence-electron chi connectivity index (χ0n) is 31.7. The van der Waals surface area contributed by atoms with E-state index >= 15 is 0 Å². The highest BCUT2D eigenvalue weighted by atomic mass is 35.5. The van der Waals surface area contributed by atoms with Crippen molar-refractivity contribution < 1.29 is 24.6 Å². The van der Waals surface area contributed by atoms with Gasteiger partial charge in [-0.1, -0.05) is 57.2 Å². The van der Waals surface area contributed by atoms with Crippen LogP contribution in [0.1, 0.15) is 51.4 Å². The van der Waals surface area contributed by atoms with Gasteiger partial charge in [-0.05, 0) is 48.6 Å². The number of rotatable bonds is 10. The third-order valence-electron chi connectivity index (χ3n) is 10.1. The number of amides is 3. The van der Waals surface area contributed by atoms with Gasteiger partial charge in [-0.25, -0.2) is 4.98 Å². The van der Waals surface area contributed by atoms with E-state index in [2.05, 4.69) is 30.7 Å². The fourth-order valence-electron chi connectivity index (χ4n) is 7.04. The summed E-state index contributed by atoms with van der Waals surface area (Å²) in [6.07, 6.45) is -0.761. The van der Waals surface area contributed by atoms with Gasteiger partial charge in [0.15, 0.2) is 5.82 Å². The predicted octanol–water partition coefficient (Wildman–Crippen LogP) is 3.78. The quantitative estimate of drug-likeness (QED) is 0.157. The molecule has 2 fully saturated rings. The molecule has 4 heterocycles. The largest absolute Gasteiger partial charge is 0.507 e. The van der Waals surface area contributed by atoms with Crippen LogP contribution in [0, 0.1) is 12.3 Å². The number of nitrogens with zero attached hydrogens (tertiary/aromatic N) is 6. The highest BCUT2D eigenvalue weighted by Gasteiger charge is 2.45. The summed E-state index contributed by atoms with van der Waals surface area (Å²) in [6, 6.07) is 14.5. The van der Waals surface area contributed by atoms with Gasteiger partial charge in [0.25, 0.3) is 0 Å². The Hall–Kier alpha value is -4.83. The molecular formula is C39H50ClN9O5S. The minimum Gasteiger partial charge on any atom is -0.507 e. The SMILES string of the molecule is Cc1ncsc1-c1ccc([C@H](C)NC(=O)[C@@H]2C[C@@H](O)CN2C(=O)[C@@H](NC(=O)CN2CCN(c3cc(-c4ccccc4O)nnc3N)CC2)C(C)(C)C)cc1.Cl. The van der Waals surface area contributed by atoms with E-state index in [0.29, 0.717) is 43.1 Å². The molecule has 2 aromatic carbocycles. The second-order valence-electron chi connectivity index (χ2n) is 15.2. The maximum Gasteiger partial charge on any atom is 0.246 e. The summed E-state index contributed by atoms with van der Waals surface area (Å²) in [4.78, 5) is 52.2. The number of anilines is 2. The summed E-state index contributed by atoms with van der Waals surface area (Å²) in [6.45, 7) is 11.8. The Morgan fingerprint density at radius 3 is 2.35 bits per heavy atom. The number of piperazine rings is 1. The maximum absolute atomic E-state index is 14.2. The normalized spacial score (nSPS) is 18.7. The zero-order chi connectivity index (χ0) is 38.7. The number of hydrogen-bond donors (Lipinski definition) is 5. The Labute approximate surface area is 331 Å². The Morgan fingerprint density at radius 2 is 1.71 bits per heavy atom. The fourth-order valence-corrected chi connectivity index (χ4v) is 7.85. The number of nitrogens with two attached hydrogens (primary N) is 1. The van der Waals surface area contributed by atoms with Gasteiger partial charge in [0.1, 0.15) is 17.8 Å². The number of aromatic nitrogens is 3. The topological polar surface area (TPSA) is 190 Å². The van der Waals surface area contributed by atoms with E-state index in [0.717, 1.165) is 21.7 Å². The summed E-state index contributed by atoms with van der Waals surface area (Å²) < 4.78 is 0. The third-order valence-corrected chi connectivity index (χ3v) is 11.1. The minimum atomic E-state index is -0.928. The number of β-amino-alcohol motifs (C(OH)–C–C–N with tert-alkyl or cyclic N) is 1. The third kappa shape index (κ3) is 9.53. The molecule has 3 amide bonds. The molecule has 6 rings (SSSR count). The first-order chi connectivity index (χ1) is 25.7. The van der Waals surface area contributed by atoms with E-state index in [-0.39, 0.29) is 61.3 Å². The Bertz CT molecular complexity index is 1980. The van der Waals surface area contributed by atoms with Crippen LogP contribution in [0.15, 0.2) is 60.1 Å². The van der Waals surface area contributed by atoms with Crippen molar-refractivity contribution in [2.75, 3.05) is 49.9 Å². The number of aliphatic hydroxyl groups is 1. The number of likely N-dealkylation sites (tertiary alicyclic amines) is 1. The predicted molar refractivity (Wildman–Crippen MR) is 216 cm³/mol. The highest BCUT2D eigenvalue weighted by Crippen LogP contribution is 2.32. The van der Waals surface area contributed by atoms with Gasteiger partial charge in [-0.15, -0.1) is 33.9 Å². The maximum atomic E-state index is 14.2. The van der Waals surface area contributed by atoms with Crippen LogP contribution in [0.3, 0.4) is 0 Å². The number of aromatic hydroxyl groups is 1. The number of nitrogens with one attached hydrogen (secondary N) is 2. The number of phenolic OH excluding ortho intramolecular Hbond substituents is 1. The first-order valence-corrected chi connectivity index (χ1v) is 19.0. The van der Waals surface area contributed by atoms with Crippen LogP contribution < -0.4 is 21.3 Å². The van der Waals surface area contributed by atoms with Crippen LogP contribution in [0.2, 0.25) is 0 Å². The van der Waals surface area contributed by atoms with E-state index in [1.54, 1.807) is 29.5 Å². The molecule has 4 aromatic rings. The van der Waals surface area contributed by atoms with E-state index in [1.165, 1.54) is 4.90 Å². The number of thiazole rings is 1. The zero-order valence-corrected chi connectivity index (χ0v) is 33.4. The lowest BCUT2D eigenvalue weighted by Crippen LogP contribution is -2.59. The number of carbonyl (C=O) groups is 3. The molecule has 2 aliphatic heterocycles. The highest BCUT2D eigenvalue weighted by molar-refractivity contribution is 7.13. The monoisotopic (exact) mass is 791 g/mol. The van der Waals surface area contributed by atoms with E-state index < -0.39 is 29.5 Å². The first kappa shape index (κ1) is 41.3. The molecule has 2 aromatic heterocycles. The first-order valence-electron chi connectivity index (χ1n) is 18.2. The number of aliphatic hydroxyl groups excluding tert-OH is 1. The van der Waals surface area contributed by atoms with Crippen molar-refractivity contribution in [2.45, 2.75) is 65.3 Å². The van der Waals surface area contributed by atoms with Gasteiger partial charge in [0, 0.05) is 44.7 Å². The lowest BCUT2D eigenvalue weighted by atomic mass is 9.85. The molecule has 0 bridgehead atoms.